The van der Waals surface area contributed by atoms with E-state index in [1.165, 1.54) is 5.69 Å². The minimum atomic E-state index is -3.50. The summed E-state index contributed by atoms with van der Waals surface area (Å²) in [5, 5.41) is 0. The first-order chi connectivity index (χ1) is 14.6. The Kier molecular flexibility index (Phi) is 6.47. The number of rotatable bonds is 7. The number of piperazine rings is 1. The summed E-state index contributed by atoms with van der Waals surface area (Å²) < 4.78 is 28.0. The molecule has 0 aromatic heterocycles. The third-order valence-electron chi connectivity index (χ3n) is 5.49. The molecule has 0 saturated carbocycles. The average Bonchev–Trinajstić information content (AvgIpc) is 2.81. The third kappa shape index (κ3) is 5.08. The molecule has 0 amide bonds. The molecular formula is C24H27N3O2S. The lowest BCUT2D eigenvalue weighted by atomic mass is 10.1. The molecule has 1 N–H and O–H groups in total. The summed E-state index contributed by atoms with van der Waals surface area (Å²) in [7, 11) is -3.50. The zero-order chi connectivity index (χ0) is 20.8. The van der Waals surface area contributed by atoms with Gasteiger partial charge >= 0.3 is 0 Å². The van der Waals surface area contributed by atoms with E-state index in [2.05, 4.69) is 38.8 Å². The van der Waals surface area contributed by atoms with Crippen molar-refractivity contribution in [1.29, 1.82) is 0 Å². The van der Waals surface area contributed by atoms with Gasteiger partial charge in [-0.15, -0.1) is 0 Å². The van der Waals surface area contributed by atoms with Gasteiger partial charge in [0.25, 0.3) is 0 Å². The zero-order valence-electron chi connectivity index (χ0n) is 16.9. The van der Waals surface area contributed by atoms with E-state index in [4.69, 9.17) is 0 Å². The molecule has 30 heavy (non-hydrogen) atoms. The second-order valence-corrected chi connectivity index (χ2v) is 9.22. The van der Waals surface area contributed by atoms with Crippen LogP contribution in [0.5, 0.6) is 0 Å². The van der Waals surface area contributed by atoms with Gasteiger partial charge in [0.05, 0.1) is 4.90 Å². The first-order valence-electron chi connectivity index (χ1n) is 10.3. The number of nitrogens with zero attached hydrogens (tertiary/aromatic N) is 2. The van der Waals surface area contributed by atoms with Gasteiger partial charge in [-0.05, 0) is 35.4 Å². The molecule has 4 rings (SSSR count). The van der Waals surface area contributed by atoms with E-state index < -0.39 is 10.0 Å². The van der Waals surface area contributed by atoms with Gasteiger partial charge in [0.1, 0.15) is 0 Å². The summed E-state index contributed by atoms with van der Waals surface area (Å²) >= 11 is 0. The summed E-state index contributed by atoms with van der Waals surface area (Å²) in [6.07, 6.45) is 0. The molecule has 5 nitrogen and oxygen atoms in total. The number of anilines is 1. The second-order valence-electron chi connectivity index (χ2n) is 7.45. The zero-order valence-corrected chi connectivity index (χ0v) is 17.8. The van der Waals surface area contributed by atoms with Crippen LogP contribution < -0.4 is 9.62 Å². The Morgan fingerprint density at radius 3 is 1.90 bits per heavy atom. The van der Waals surface area contributed by atoms with E-state index in [0.717, 1.165) is 37.3 Å². The van der Waals surface area contributed by atoms with E-state index >= 15 is 0 Å². The summed E-state index contributed by atoms with van der Waals surface area (Å²) in [6.45, 7) is 4.90. The number of hydrogen-bond acceptors (Lipinski definition) is 4. The number of para-hydroxylation sites is 1. The Morgan fingerprint density at radius 2 is 1.27 bits per heavy atom. The Labute approximate surface area is 179 Å². The van der Waals surface area contributed by atoms with Crippen LogP contribution in [0.4, 0.5) is 5.69 Å². The molecule has 0 spiro atoms. The summed E-state index contributed by atoms with van der Waals surface area (Å²) in [5.41, 5.74) is 3.33. The van der Waals surface area contributed by atoms with Crippen molar-refractivity contribution >= 4 is 15.7 Å². The first kappa shape index (κ1) is 20.6. The van der Waals surface area contributed by atoms with E-state index in [0.29, 0.717) is 18.0 Å². The Balaban J connectivity index is 1.27. The molecule has 1 aliphatic rings. The normalized spacial score (nSPS) is 15.3. The minimum absolute atomic E-state index is 0.302. The second kappa shape index (κ2) is 9.43. The van der Waals surface area contributed by atoms with E-state index in [-0.39, 0.29) is 0 Å². The molecule has 0 bridgehead atoms. The third-order valence-corrected chi connectivity index (χ3v) is 6.96. The number of sulfonamides is 1. The quantitative estimate of drug-likeness (QED) is 0.635. The van der Waals surface area contributed by atoms with Crippen LogP contribution in [0.25, 0.3) is 11.1 Å². The summed E-state index contributed by atoms with van der Waals surface area (Å²) in [6, 6.07) is 27.4. The van der Waals surface area contributed by atoms with Crippen LogP contribution in [-0.2, 0) is 10.0 Å². The van der Waals surface area contributed by atoms with Crippen LogP contribution in [0, 0.1) is 0 Å². The van der Waals surface area contributed by atoms with Gasteiger partial charge in [-0.25, -0.2) is 13.1 Å². The molecular weight excluding hydrogens is 394 g/mol. The van der Waals surface area contributed by atoms with E-state index in [1.807, 2.05) is 48.5 Å². The highest BCUT2D eigenvalue weighted by atomic mass is 32.2. The van der Waals surface area contributed by atoms with Gasteiger partial charge in [0.2, 0.25) is 10.0 Å². The number of nitrogens with one attached hydrogen (secondary N) is 1. The predicted molar refractivity (Wildman–Crippen MR) is 122 cm³/mol. The van der Waals surface area contributed by atoms with Gasteiger partial charge in [-0.3, -0.25) is 4.90 Å². The van der Waals surface area contributed by atoms with Crippen molar-refractivity contribution < 1.29 is 8.42 Å². The highest BCUT2D eigenvalue weighted by Gasteiger charge is 2.18. The summed E-state index contributed by atoms with van der Waals surface area (Å²) in [5.74, 6) is 0. The van der Waals surface area contributed by atoms with Crippen LogP contribution in [0.2, 0.25) is 0 Å². The molecule has 1 aliphatic heterocycles. The monoisotopic (exact) mass is 421 g/mol. The van der Waals surface area contributed by atoms with Crippen molar-refractivity contribution in [2.45, 2.75) is 4.90 Å². The predicted octanol–water partition coefficient (Wildman–Crippen LogP) is 3.45. The van der Waals surface area contributed by atoms with Gasteiger partial charge in [-0.1, -0.05) is 60.7 Å². The largest absolute Gasteiger partial charge is 0.369 e. The van der Waals surface area contributed by atoms with Gasteiger partial charge in [-0.2, -0.15) is 0 Å². The Bertz CT molecular complexity index is 1030. The molecule has 3 aromatic rings. The van der Waals surface area contributed by atoms with Crippen LogP contribution in [0.15, 0.2) is 89.8 Å². The van der Waals surface area contributed by atoms with Crippen LogP contribution in [0.3, 0.4) is 0 Å². The van der Waals surface area contributed by atoms with Crippen LogP contribution in [-0.4, -0.2) is 52.6 Å². The lowest BCUT2D eigenvalue weighted by molar-refractivity contribution is 0.262. The fraction of sp³-hybridized carbons (Fsp3) is 0.250. The van der Waals surface area contributed by atoms with E-state index in [1.54, 1.807) is 12.1 Å². The SMILES string of the molecule is O=S(=O)(NCCN1CCN(c2ccccc2)CC1)c1ccc(-c2ccccc2)cc1. The fourth-order valence-electron chi connectivity index (χ4n) is 3.75. The van der Waals surface area contributed by atoms with E-state index in [9.17, 15) is 8.42 Å². The smallest absolute Gasteiger partial charge is 0.240 e. The van der Waals surface area contributed by atoms with Crippen molar-refractivity contribution in [2.24, 2.45) is 0 Å². The molecule has 6 heteroatoms. The first-order valence-corrected chi connectivity index (χ1v) is 11.8. The fourth-order valence-corrected chi connectivity index (χ4v) is 4.77. The molecule has 0 unspecified atom stereocenters. The molecule has 0 atom stereocenters. The van der Waals surface area contributed by atoms with Crippen molar-refractivity contribution in [1.82, 2.24) is 9.62 Å². The maximum atomic E-state index is 12.6. The molecule has 1 fully saturated rings. The van der Waals surface area contributed by atoms with Gasteiger partial charge in [0, 0.05) is 45.0 Å². The average molecular weight is 422 g/mol. The lowest BCUT2D eigenvalue weighted by Gasteiger charge is -2.36. The molecule has 0 radical (unpaired) electrons. The minimum Gasteiger partial charge on any atom is -0.369 e. The van der Waals surface area contributed by atoms with Gasteiger partial charge < -0.3 is 4.90 Å². The molecule has 3 aromatic carbocycles. The maximum Gasteiger partial charge on any atom is 0.240 e. The van der Waals surface area contributed by atoms with Crippen molar-refractivity contribution in [3.63, 3.8) is 0 Å². The Morgan fingerprint density at radius 1 is 0.700 bits per heavy atom. The van der Waals surface area contributed by atoms with Crippen molar-refractivity contribution in [3.8, 4) is 11.1 Å². The standard InChI is InChI=1S/C24H27N3O2S/c28-30(29,24-13-11-22(12-14-24)21-7-3-1-4-8-21)25-15-16-26-17-19-27(20-18-26)23-9-5-2-6-10-23/h1-14,25H,15-20H2. The lowest BCUT2D eigenvalue weighted by Crippen LogP contribution is -2.48. The molecule has 0 aliphatic carbocycles. The molecule has 1 saturated heterocycles. The highest BCUT2D eigenvalue weighted by Crippen LogP contribution is 2.21. The van der Waals surface area contributed by atoms with Crippen molar-refractivity contribution in [2.75, 3.05) is 44.2 Å². The maximum absolute atomic E-state index is 12.6. The highest BCUT2D eigenvalue weighted by molar-refractivity contribution is 7.89. The number of benzene rings is 3. The van der Waals surface area contributed by atoms with Crippen molar-refractivity contribution in [3.05, 3.63) is 84.9 Å². The number of hydrogen-bond donors (Lipinski definition) is 1. The van der Waals surface area contributed by atoms with Crippen LogP contribution >= 0.6 is 0 Å². The molecule has 156 valence electrons. The van der Waals surface area contributed by atoms with Crippen LogP contribution in [0.1, 0.15) is 0 Å². The summed E-state index contributed by atoms with van der Waals surface area (Å²) in [4.78, 5) is 4.98. The molecule has 1 heterocycles. The Hall–Kier alpha value is -2.67. The van der Waals surface area contributed by atoms with Gasteiger partial charge in [0.15, 0.2) is 0 Å². The topological polar surface area (TPSA) is 52.7 Å².